The normalized spacial score (nSPS) is 23.2. The summed E-state index contributed by atoms with van der Waals surface area (Å²) in [6.07, 6.45) is -0.210. The largest absolute Gasteiger partial charge is 0.463 e. The van der Waals surface area contributed by atoms with Gasteiger partial charge in [0.1, 0.15) is 18.5 Å². The predicted octanol–water partition coefficient (Wildman–Crippen LogP) is 3.37. The molecule has 3 atom stereocenters. The number of benzene rings is 1. The minimum absolute atomic E-state index is 0.0338. The van der Waals surface area contributed by atoms with Crippen molar-refractivity contribution in [2.45, 2.75) is 32.3 Å². The Morgan fingerprint density at radius 3 is 2.46 bits per heavy atom. The van der Waals surface area contributed by atoms with Crippen LogP contribution in [-0.4, -0.2) is 37.0 Å². The fourth-order valence-corrected chi connectivity index (χ4v) is 2.89. The number of carbonyl (C=O) groups is 2. The van der Waals surface area contributed by atoms with Crippen LogP contribution in [0.5, 0.6) is 5.75 Å². The Labute approximate surface area is 161 Å². The number of esters is 2. The van der Waals surface area contributed by atoms with Crippen molar-refractivity contribution >= 4 is 50.5 Å². The Hall–Kier alpha value is -1.13. The molecular weight excluding hydrogens is 495 g/mol. The van der Waals surface area contributed by atoms with Crippen molar-refractivity contribution in [2.75, 3.05) is 6.61 Å². The second kappa shape index (κ2) is 8.82. The first kappa shape index (κ1) is 19.2. The molecule has 1 aromatic carbocycles. The van der Waals surface area contributed by atoms with E-state index in [0.717, 1.165) is 8.05 Å². The van der Waals surface area contributed by atoms with E-state index in [1.54, 1.807) is 18.2 Å². The summed E-state index contributed by atoms with van der Waals surface area (Å²) in [6, 6.07) is 7.31. The van der Waals surface area contributed by atoms with E-state index in [9.17, 15) is 9.59 Å². The summed E-state index contributed by atoms with van der Waals surface area (Å²) in [5, 5.41) is 0. The molecule has 0 N–H and O–H groups in total. The molecular formula is C16H16BrIO6. The molecule has 3 unspecified atom stereocenters. The maximum atomic E-state index is 11.3. The molecule has 0 radical (unpaired) electrons. The first-order valence-corrected chi connectivity index (χ1v) is 8.98. The minimum Gasteiger partial charge on any atom is -0.463 e. The first-order valence-electron chi connectivity index (χ1n) is 7.10. The second-order valence-corrected chi connectivity index (χ2v) is 7.17. The Kier molecular flexibility index (Phi) is 7.05. The highest BCUT2D eigenvalue weighted by Crippen LogP contribution is 2.29. The average molecular weight is 511 g/mol. The zero-order chi connectivity index (χ0) is 17.7. The molecule has 130 valence electrons. The van der Waals surface area contributed by atoms with Crippen LogP contribution in [0.1, 0.15) is 13.8 Å². The van der Waals surface area contributed by atoms with Gasteiger partial charge in [0.05, 0.1) is 3.58 Å². The zero-order valence-corrected chi connectivity index (χ0v) is 16.8. The highest BCUT2D eigenvalue weighted by Gasteiger charge is 2.35. The number of carbonyl (C=O) groups excluding carboxylic acids is 2. The quantitative estimate of drug-likeness (QED) is 0.447. The molecule has 0 saturated carbocycles. The van der Waals surface area contributed by atoms with Crippen LogP contribution < -0.4 is 4.74 Å². The van der Waals surface area contributed by atoms with Crippen LogP contribution >= 0.6 is 38.5 Å². The summed E-state index contributed by atoms with van der Waals surface area (Å²) in [7, 11) is 0. The van der Waals surface area contributed by atoms with Crippen molar-refractivity contribution in [3.05, 3.63) is 38.4 Å². The van der Waals surface area contributed by atoms with Crippen molar-refractivity contribution in [3.8, 4) is 5.75 Å². The lowest BCUT2D eigenvalue weighted by molar-refractivity contribution is -0.179. The van der Waals surface area contributed by atoms with Gasteiger partial charge in [-0.3, -0.25) is 9.59 Å². The van der Waals surface area contributed by atoms with E-state index in [4.69, 9.17) is 18.9 Å². The zero-order valence-electron chi connectivity index (χ0n) is 13.0. The highest BCUT2D eigenvalue weighted by atomic mass is 127. The standard InChI is InChI=1S/C16H16BrIO6/c1-9(19)21-8-15-14(22-10(2)20)7-13(18)16(24-15)23-12-5-3-11(17)4-6-12/h3-7,14-16H,8H2,1-2H3. The minimum atomic E-state index is -0.667. The molecule has 0 saturated heterocycles. The molecule has 2 rings (SSSR count). The van der Waals surface area contributed by atoms with Gasteiger partial charge >= 0.3 is 11.9 Å². The number of hydrogen-bond donors (Lipinski definition) is 0. The maximum Gasteiger partial charge on any atom is 0.303 e. The summed E-state index contributed by atoms with van der Waals surface area (Å²) in [6.45, 7) is 2.58. The maximum absolute atomic E-state index is 11.3. The number of rotatable bonds is 5. The third-order valence-corrected chi connectivity index (χ3v) is 4.42. The van der Waals surface area contributed by atoms with Gasteiger partial charge < -0.3 is 18.9 Å². The first-order chi connectivity index (χ1) is 11.3. The third-order valence-electron chi connectivity index (χ3n) is 3.02. The highest BCUT2D eigenvalue weighted by molar-refractivity contribution is 14.1. The van der Waals surface area contributed by atoms with Gasteiger partial charge in [0, 0.05) is 18.3 Å². The molecule has 8 heteroatoms. The van der Waals surface area contributed by atoms with Crippen molar-refractivity contribution in [3.63, 3.8) is 0 Å². The molecule has 6 nitrogen and oxygen atoms in total. The molecule has 0 aromatic heterocycles. The average Bonchev–Trinajstić information content (AvgIpc) is 2.50. The summed E-state index contributed by atoms with van der Waals surface area (Å²) in [5.74, 6) is -0.248. The Morgan fingerprint density at radius 2 is 1.88 bits per heavy atom. The van der Waals surface area contributed by atoms with Crippen molar-refractivity contribution in [1.82, 2.24) is 0 Å². The van der Waals surface area contributed by atoms with Crippen LogP contribution in [0.2, 0.25) is 0 Å². The van der Waals surface area contributed by atoms with Crippen molar-refractivity contribution in [2.24, 2.45) is 0 Å². The molecule has 0 amide bonds. The van der Waals surface area contributed by atoms with Gasteiger partial charge in [-0.2, -0.15) is 0 Å². The molecule has 1 aliphatic rings. The van der Waals surface area contributed by atoms with Crippen LogP contribution in [0.25, 0.3) is 0 Å². The fourth-order valence-electron chi connectivity index (χ4n) is 2.00. The number of ether oxygens (including phenoxy) is 4. The summed E-state index contributed by atoms with van der Waals surface area (Å²) >= 11 is 5.43. The molecule has 0 fully saturated rings. The topological polar surface area (TPSA) is 71.1 Å². The Bertz CT molecular complexity index is 630. The molecule has 1 aromatic rings. The monoisotopic (exact) mass is 510 g/mol. The molecule has 1 aliphatic heterocycles. The van der Waals surface area contributed by atoms with E-state index in [-0.39, 0.29) is 6.61 Å². The van der Waals surface area contributed by atoms with E-state index >= 15 is 0 Å². The van der Waals surface area contributed by atoms with E-state index < -0.39 is 30.4 Å². The van der Waals surface area contributed by atoms with Gasteiger partial charge in [-0.1, -0.05) is 15.9 Å². The van der Waals surface area contributed by atoms with Gasteiger partial charge in [0.2, 0.25) is 6.29 Å². The van der Waals surface area contributed by atoms with Gasteiger partial charge in [-0.15, -0.1) is 0 Å². The molecule has 24 heavy (non-hydrogen) atoms. The smallest absolute Gasteiger partial charge is 0.303 e. The molecule has 1 heterocycles. The van der Waals surface area contributed by atoms with E-state index in [1.165, 1.54) is 13.8 Å². The molecule has 0 bridgehead atoms. The van der Waals surface area contributed by atoms with Gasteiger partial charge in [-0.05, 0) is 52.9 Å². The SMILES string of the molecule is CC(=O)OCC1OC(Oc2ccc(Br)cc2)C(I)=CC1OC(C)=O. The lowest BCUT2D eigenvalue weighted by Crippen LogP contribution is -2.44. The molecule has 0 spiro atoms. The van der Waals surface area contributed by atoms with Crippen LogP contribution in [0.4, 0.5) is 0 Å². The third kappa shape index (κ3) is 5.75. The number of hydrogen-bond acceptors (Lipinski definition) is 6. The van der Waals surface area contributed by atoms with Crippen LogP contribution in [-0.2, 0) is 23.8 Å². The van der Waals surface area contributed by atoms with Crippen LogP contribution in [0.15, 0.2) is 38.4 Å². The Morgan fingerprint density at radius 1 is 1.21 bits per heavy atom. The number of halogens is 2. The predicted molar refractivity (Wildman–Crippen MR) is 97.7 cm³/mol. The van der Waals surface area contributed by atoms with Gasteiger partial charge in [0.25, 0.3) is 0 Å². The summed E-state index contributed by atoms with van der Waals surface area (Å²) < 4.78 is 23.5. The van der Waals surface area contributed by atoms with E-state index in [2.05, 4.69) is 38.5 Å². The van der Waals surface area contributed by atoms with Crippen LogP contribution in [0, 0.1) is 0 Å². The lowest BCUT2D eigenvalue weighted by Gasteiger charge is -2.33. The second-order valence-electron chi connectivity index (χ2n) is 5.01. The summed E-state index contributed by atoms with van der Waals surface area (Å²) in [5.41, 5.74) is 0. The lowest BCUT2D eigenvalue weighted by atomic mass is 10.1. The van der Waals surface area contributed by atoms with Crippen molar-refractivity contribution < 1.29 is 28.5 Å². The fraction of sp³-hybridized carbons (Fsp3) is 0.375. The molecule has 0 aliphatic carbocycles. The van der Waals surface area contributed by atoms with E-state index in [0.29, 0.717) is 5.75 Å². The van der Waals surface area contributed by atoms with Crippen molar-refractivity contribution in [1.29, 1.82) is 0 Å². The van der Waals surface area contributed by atoms with E-state index in [1.807, 2.05) is 12.1 Å². The van der Waals surface area contributed by atoms with Gasteiger partial charge in [0.15, 0.2) is 6.10 Å². The van der Waals surface area contributed by atoms with Gasteiger partial charge in [-0.25, -0.2) is 0 Å². The summed E-state index contributed by atoms with van der Waals surface area (Å²) in [4.78, 5) is 22.3. The van der Waals surface area contributed by atoms with Crippen LogP contribution in [0.3, 0.4) is 0 Å². The Balaban J connectivity index is 2.12.